The van der Waals surface area contributed by atoms with Gasteiger partial charge >= 0.3 is 6.03 Å². The number of aromatic nitrogens is 2. The molecule has 16 heteroatoms. The minimum Gasteiger partial charge on any atom is -0.489 e. The van der Waals surface area contributed by atoms with Crippen molar-refractivity contribution in [1.29, 1.82) is 5.26 Å². The van der Waals surface area contributed by atoms with E-state index in [4.69, 9.17) is 21.1 Å². The van der Waals surface area contributed by atoms with E-state index < -0.39 is 41.1 Å². The maximum absolute atomic E-state index is 13.1. The summed E-state index contributed by atoms with van der Waals surface area (Å²) >= 11 is 8.11. The van der Waals surface area contributed by atoms with E-state index in [2.05, 4.69) is 32.0 Å². The van der Waals surface area contributed by atoms with Gasteiger partial charge in [0.25, 0.3) is 11.8 Å². The van der Waals surface area contributed by atoms with E-state index in [-0.39, 0.29) is 59.1 Å². The Morgan fingerprint density at radius 1 is 1.04 bits per heavy atom. The molecule has 1 aromatic heterocycles. The van der Waals surface area contributed by atoms with Gasteiger partial charge in [0.2, 0.25) is 11.8 Å². The first-order chi connectivity index (χ1) is 25.9. The summed E-state index contributed by atoms with van der Waals surface area (Å²) in [6, 6.07) is 17.6. The highest BCUT2D eigenvalue weighted by Gasteiger charge is 2.44. The van der Waals surface area contributed by atoms with Crippen molar-refractivity contribution in [2.45, 2.75) is 49.9 Å². The smallest absolute Gasteiger partial charge is 0.319 e. The Bertz CT molecular complexity index is 2210. The number of rotatable bonds is 12. The molecular formula is C38H34ClN7O7S. The molecule has 3 aromatic carbocycles. The first-order valence-electron chi connectivity index (χ1n) is 16.8. The van der Waals surface area contributed by atoms with Gasteiger partial charge in [0.15, 0.2) is 10.9 Å². The van der Waals surface area contributed by atoms with Crippen LogP contribution in [0.15, 0.2) is 72.0 Å². The van der Waals surface area contributed by atoms with Crippen LogP contribution in [-0.2, 0) is 21.6 Å². The first kappa shape index (κ1) is 37.8. The van der Waals surface area contributed by atoms with Crippen LogP contribution in [0.4, 0.5) is 10.5 Å². The van der Waals surface area contributed by atoms with E-state index in [0.29, 0.717) is 17.5 Å². The lowest BCUT2D eigenvalue weighted by Crippen LogP contribution is -2.54. The monoisotopic (exact) mass is 767 g/mol. The highest BCUT2D eigenvalue weighted by Crippen LogP contribution is 2.39. The number of carbonyl (C=O) groups excluding carboxylic acids is 5. The number of halogens is 1. The minimum absolute atomic E-state index is 0.00673. The average Bonchev–Trinajstić information content (AvgIpc) is 3.40. The number of imide groups is 2. The molecule has 1 fully saturated rings. The molecular weight excluding hydrogens is 734 g/mol. The molecule has 3 heterocycles. The average molecular weight is 768 g/mol. The van der Waals surface area contributed by atoms with Gasteiger partial charge in [0.05, 0.1) is 34.0 Å². The molecule has 1 atom stereocenters. The topological polar surface area (TPSA) is 193 Å². The van der Waals surface area contributed by atoms with Gasteiger partial charge in [-0.2, -0.15) is 5.26 Å². The number of nitrogens with one attached hydrogen (secondary N) is 3. The third kappa shape index (κ3) is 7.99. The standard InChI is InChI=1S/C38H34ClN7O7S/c1-38(2,22-4-7-26(8-5-22)53-20-25-12-13-42-37(44-25)54-3)23-16-21(19-40)32(29(39)17-23)52-15-14-41-36(51)43-24-6-9-27-28(18-24)35(50)46(34(27)49)30-10-11-31(47)45-33(30)48/h4-9,12-13,16-18,30H,10-11,14-15,20H2,1-3H3,(H2,41,43,51)(H,45,47,48). The van der Waals surface area contributed by atoms with Crippen LogP contribution >= 0.6 is 23.4 Å². The Morgan fingerprint density at radius 3 is 2.52 bits per heavy atom. The molecule has 1 saturated heterocycles. The summed E-state index contributed by atoms with van der Waals surface area (Å²) in [5.41, 5.74) is 2.58. The summed E-state index contributed by atoms with van der Waals surface area (Å²) in [7, 11) is 0. The number of fused-ring (bicyclic) bond motifs is 1. The predicted molar refractivity (Wildman–Crippen MR) is 199 cm³/mol. The Hall–Kier alpha value is -5.98. The summed E-state index contributed by atoms with van der Waals surface area (Å²) in [5.74, 6) is -1.65. The van der Waals surface area contributed by atoms with Gasteiger partial charge in [-0.3, -0.25) is 29.4 Å². The fourth-order valence-corrected chi connectivity index (χ4v) is 6.72. The molecule has 276 valence electrons. The van der Waals surface area contributed by atoms with Gasteiger partial charge in [-0.15, -0.1) is 0 Å². The number of hydrogen-bond acceptors (Lipinski definition) is 11. The highest BCUT2D eigenvalue weighted by atomic mass is 35.5. The van der Waals surface area contributed by atoms with Gasteiger partial charge in [0, 0.05) is 23.7 Å². The number of anilines is 1. The van der Waals surface area contributed by atoms with Crippen molar-refractivity contribution in [1.82, 2.24) is 25.5 Å². The maximum Gasteiger partial charge on any atom is 0.319 e. The fourth-order valence-electron chi connectivity index (χ4n) is 6.07. The molecule has 0 radical (unpaired) electrons. The molecule has 0 bridgehead atoms. The summed E-state index contributed by atoms with van der Waals surface area (Å²) in [6.07, 6.45) is 3.66. The van der Waals surface area contributed by atoms with Crippen molar-refractivity contribution in [3.8, 4) is 17.6 Å². The quantitative estimate of drug-likeness (QED) is 0.0740. The number of carbonyl (C=O) groups is 5. The molecule has 0 aliphatic carbocycles. The largest absolute Gasteiger partial charge is 0.489 e. The van der Waals surface area contributed by atoms with Crippen molar-refractivity contribution >= 4 is 58.7 Å². The van der Waals surface area contributed by atoms with Crippen LogP contribution in [0.1, 0.15) is 69.8 Å². The van der Waals surface area contributed by atoms with Gasteiger partial charge in [-0.05, 0) is 72.3 Å². The lowest BCUT2D eigenvalue weighted by atomic mass is 9.77. The van der Waals surface area contributed by atoms with Crippen molar-refractivity contribution in [3.05, 3.63) is 105 Å². The molecule has 6 amide bonds. The molecule has 6 rings (SSSR count). The molecule has 2 aliphatic rings. The third-order valence-corrected chi connectivity index (χ3v) is 9.90. The van der Waals surface area contributed by atoms with E-state index in [1.54, 1.807) is 18.3 Å². The van der Waals surface area contributed by atoms with Gasteiger partial charge in [-0.1, -0.05) is 49.3 Å². The number of ether oxygens (including phenoxy) is 2. The zero-order valence-electron chi connectivity index (χ0n) is 29.4. The first-order valence-corrected chi connectivity index (χ1v) is 18.4. The molecule has 4 aromatic rings. The zero-order valence-corrected chi connectivity index (χ0v) is 31.0. The summed E-state index contributed by atoms with van der Waals surface area (Å²) in [4.78, 5) is 72.0. The van der Waals surface area contributed by atoms with Gasteiger partial charge in [0.1, 0.15) is 31.1 Å². The molecule has 3 N–H and O–H groups in total. The van der Waals surface area contributed by atoms with Crippen LogP contribution in [0.5, 0.6) is 11.5 Å². The van der Waals surface area contributed by atoms with Crippen LogP contribution in [-0.4, -0.2) is 70.0 Å². The van der Waals surface area contributed by atoms with Gasteiger partial charge in [-0.25, -0.2) is 14.8 Å². The van der Waals surface area contributed by atoms with E-state index in [1.165, 1.54) is 30.0 Å². The maximum atomic E-state index is 13.1. The fraction of sp³-hybridized carbons (Fsp3) is 0.263. The Kier molecular flexibility index (Phi) is 11.2. The number of urea groups is 1. The van der Waals surface area contributed by atoms with Crippen molar-refractivity contribution in [3.63, 3.8) is 0 Å². The van der Waals surface area contributed by atoms with Crippen LogP contribution in [0.3, 0.4) is 0 Å². The minimum atomic E-state index is -1.10. The number of thioether (sulfide) groups is 1. The lowest BCUT2D eigenvalue weighted by molar-refractivity contribution is -0.136. The Labute approximate surface area is 319 Å². The second-order valence-corrected chi connectivity index (χ2v) is 14.0. The summed E-state index contributed by atoms with van der Waals surface area (Å²) in [6.45, 7) is 4.36. The Balaban J connectivity index is 1.02. The molecule has 1 unspecified atom stereocenters. The molecule has 14 nitrogen and oxygen atoms in total. The molecule has 54 heavy (non-hydrogen) atoms. The van der Waals surface area contributed by atoms with E-state index in [1.807, 2.05) is 50.4 Å². The van der Waals surface area contributed by atoms with Crippen LogP contribution < -0.4 is 25.4 Å². The summed E-state index contributed by atoms with van der Waals surface area (Å²) in [5, 5.41) is 18.3. The number of amides is 6. The van der Waals surface area contributed by atoms with Crippen molar-refractivity contribution < 1.29 is 33.4 Å². The second-order valence-electron chi connectivity index (χ2n) is 12.9. The van der Waals surface area contributed by atoms with Gasteiger partial charge < -0.3 is 20.1 Å². The number of nitrogens with zero attached hydrogens (tertiary/aromatic N) is 4. The predicted octanol–water partition coefficient (Wildman–Crippen LogP) is 5.23. The number of nitriles is 1. The van der Waals surface area contributed by atoms with Crippen LogP contribution in [0, 0.1) is 11.3 Å². The summed E-state index contributed by atoms with van der Waals surface area (Å²) < 4.78 is 11.8. The zero-order chi connectivity index (χ0) is 38.6. The van der Waals surface area contributed by atoms with Crippen molar-refractivity contribution in [2.75, 3.05) is 24.7 Å². The SMILES string of the molecule is CSc1nccc(COc2ccc(C(C)(C)c3cc(Cl)c(OCCNC(=O)Nc4ccc5c(c4)C(=O)N(C4CCC(=O)NC4=O)C5=O)c(C#N)c3)cc2)n1. The van der Waals surface area contributed by atoms with Crippen molar-refractivity contribution in [2.24, 2.45) is 0 Å². The third-order valence-electron chi connectivity index (χ3n) is 9.05. The van der Waals surface area contributed by atoms with E-state index >= 15 is 0 Å². The normalized spacial score (nSPS) is 15.3. The molecule has 0 spiro atoms. The van der Waals surface area contributed by atoms with Crippen LogP contribution in [0.25, 0.3) is 0 Å². The highest BCUT2D eigenvalue weighted by molar-refractivity contribution is 7.98. The van der Waals surface area contributed by atoms with E-state index in [0.717, 1.165) is 21.7 Å². The number of piperidine rings is 1. The van der Waals surface area contributed by atoms with E-state index in [9.17, 15) is 29.2 Å². The molecule has 2 aliphatic heterocycles. The lowest BCUT2D eigenvalue weighted by Gasteiger charge is -2.27. The van der Waals surface area contributed by atoms with Crippen LogP contribution in [0.2, 0.25) is 5.02 Å². The number of hydrogen-bond donors (Lipinski definition) is 3. The Morgan fingerprint density at radius 2 is 1.80 bits per heavy atom. The number of benzene rings is 3. The second kappa shape index (κ2) is 15.9. The molecule has 0 saturated carbocycles.